The number of rotatable bonds is 6. The average Bonchev–Trinajstić information content (AvgIpc) is 2.43. The van der Waals surface area contributed by atoms with Crippen molar-refractivity contribution in [2.45, 2.75) is 38.3 Å². The molecule has 0 aliphatic carbocycles. The molecule has 22 heavy (non-hydrogen) atoms. The van der Waals surface area contributed by atoms with Gasteiger partial charge in [0.15, 0.2) is 0 Å². The molecule has 0 saturated heterocycles. The molecule has 5 nitrogen and oxygen atoms in total. The molecule has 0 saturated carbocycles. The predicted molar refractivity (Wildman–Crippen MR) is 90.2 cm³/mol. The van der Waals surface area contributed by atoms with Gasteiger partial charge in [0.05, 0.1) is 12.7 Å². The molecule has 1 rings (SSSR count). The summed E-state index contributed by atoms with van der Waals surface area (Å²) in [5, 5.41) is 12.7. The van der Waals surface area contributed by atoms with Crippen LogP contribution in [0.5, 0.6) is 0 Å². The molecule has 2 atom stereocenters. The SMILES string of the molecule is COCC(N)C(=O)NCC(O)c1ccc(C(C)(C)C)cc1.Cl. The second-order valence-electron chi connectivity index (χ2n) is 6.19. The normalized spacial score (nSPS) is 13.9. The summed E-state index contributed by atoms with van der Waals surface area (Å²) in [6.45, 7) is 6.69. The van der Waals surface area contributed by atoms with Crippen LogP contribution in [0.3, 0.4) is 0 Å². The Morgan fingerprint density at radius 3 is 2.32 bits per heavy atom. The number of hydrogen-bond donors (Lipinski definition) is 3. The van der Waals surface area contributed by atoms with Crippen molar-refractivity contribution < 1.29 is 14.6 Å². The molecule has 1 amide bonds. The lowest BCUT2D eigenvalue weighted by Gasteiger charge is -2.20. The van der Waals surface area contributed by atoms with Gasteiger partial charge in [-0.05, 0) is 16.5 Å². The first-order chi connectivity index (χ1) is 9.75. The molecule has 0 fully saturated rings. The highest BCUT2D eigenvalue weighted by atomic mass is 35.5. The zero-order valence-corrected chi connectivity index (χ0v) is 14.4. The van der Waals surface area contributed by atoms with Crippen molar-refractivity contribution in [2.24, 2.45) is 5.73 Å². The second kappa shape index (κ2) is 9.10. The fourth-order valence-corrected chi connectivity index (χ4v) is 1.91. The Bertz CT molecular complexity index is 457. The number of nitrogens with one attached hydrogen (secondary N) is 1. The molecule has 6 heteroatoms. The van der Waals surface area contributed by atoms with Crippen molar-refractivity contribution in [1.82, 2.24) is 5.32 Å². The van der Waals surface area contributed by atoms with Crippen molar-refractivity contribution in [1.29, 1.82) is 0 Å². The maximum atomic E-state index is 11.6. The highest BCUT2D eigenvalue weighted by molar-refractivity contribution is 5.85. The van der Waals surface area contributed by atoms with E-state index >= 15 is 0 Å². The van der Waals surface area contributed by atoms with Crippen LogP contribution in [0.4, 0.5) is 0 Å². The summed E-state index contributed by atoms with van der Waals surface area (Å²) in [6, 6.07) is 7.04. The van der Waals surface area contributed by atoms with Gasteiger partial charge in [0, 0.05) is 13.7 Å². The molecule has 0 aromatic heterocycles. The molecule has 1 aromatic carbocycles. The average molecular weight is 331 g/mol. The summed E-state index contributed by atoms with van der Waals surface area (Å²) in [4.78, 5) is 11.6. The summed E-state index contributed by atoms with van der Waals surface area (Å²) >= 11 is 0. The lowest BCUT2D eigenvalue weighted by molar-refractivity contribution is -0.123. The number of methoxy groups -OCH3 is 1. The van der Waals surface area contributed by atoms with E-state index in [1.165, 1.54) is 12.7 Å². The van der Waals surface area contributed by atoms with Gasteiger partial charge in [0.25, 0.3) is 0 Å². The fourth-order valence-electron chi connectivity index (χ4n) is 1.91. The van der Waals surface area contributed by atoms with E-state index in [4.69, 9.17) is 10.5 Å². The van der Waals surface area contributed by atoms with E-state index in [2.05, 4.69) is 26.1 Å². The first-order valence-corrected chi connectivity index (χ1v) is 7.06. The molecule has 0 spiro atoms. The van der Waals surface area contributed by atoms with Gasteiger partial charge >= 0.3 is 0 Å². The molecule has 1 aromatic rings. The quantitative estimate of drug-likeness (QED) is 0.738. The van der Waals surface area contributed by atoms with E-state index in [1.54, 1.807) is 0 Å². The Morgan fingerprint density at radius 2 is 1.86 bits per heavy atom. The predicted octanol–water partition coefficient (Wildman–Crippen LogP) is 1.53. The topological polar surface area (TPSA) is 84.6 Å². The number of nitrogens with two attached hydrogens (primary N) is 1. The highest BCUT2D eigenvalue weighted by Crippen LogP contribution is 2.23. The molecule has 0 aliphatic heterocycles. The van der Waals surface area contributed by atoms with Gasteiger partial charge in [-0.25, -0.2) is 0 Å². The maximum absolute atomic E-state index is 11.6. The molecule has 126 valence electrons. The number of carbonyl (C=O) groups is 1. The second-order valence-corrected chi connectivity index (χ2v) is 6.19. The Labute approximate surface area is 138 Å². The largest absolute Gasteiger partial charge is 0.387 e. The van der Waals surface area contributed by atoms with Gasteiger partial charge in [-0.1, -0.05) is 45.0 Å². The van der Waals surface area contributed by atoms with Crippen LogP contribution in [0.1, 0.15) is 38.0 Å². The van der Waals surface area contributed by atoms with E-state index in [9.17, 15) is 9.90 Å². The minimum absolute atomic E-state index is 0. The number of hydrogen-bond acceptors (Lipinski definition) is 4. The number of carbonyl (C=O) groups excluding carboxylic acids is 1. The summed E-state index contributed by atoms with van der Waals surface area (Å²) in [5.74, 6) is -0.331. The van der Waals surface area contributed by atoms with Crippen LogP contribution in [-0.4, -0.2) is 37.3 Å². The third-order valence-electron chi connectivity index (χ3n) is 3.31. The number of benzene rings is 1. The Kier molecular flexibility index (Phi) is 8.63. The fraction of sp³-hybridized carbons (Fsp3) is 0.562. The van der Waals surface area contributed by atoms with Crippen LogP contribution in [-0.2, 0) is 14.9 Å². The van der Waals surface area contributed by atoms with E-state index in [0.29, 0.717) is 0 Å². The molecule has 2 unspecified atom stereocenters. The number of aliphatic hydroxyl groups is 1. The zero-order chi connectivity index (χ0) is 16.0. The molecular weight excluding hydrogens is 304 g/mol. The molecule has 0 bridgehead atoms. The minimum atomic E-state index is -0.752. The van der Waals surface area contributed by atoms with Crippen LogP contribution >= 0.6 is 12.4 Å². The third-order valence-corrected chi connectivity index (χ3v) is 3.31. The van der Waals surface area contributed by atoms with Crippen LogP contribution in [0.25, 0.3) is 0 Å². The van der Waals surface area contributed by atoms with Gasteiger partial charge in [-0.2, -0.15) is 0 Å². The van der Waals surface area contributed by atoms with Gasteiger partial charge in [-0.3, -0.25) is 4.79 Å². The van der Waals surface area contributed by atoms with Crippen molar-refractivity contribution >= 4 is 18.3 Å². The maximum Gasteiger partial charge on any atom is 0.239 e. The Hall–Kier alpha value is -1.14. The number of amides is 1. The third kappa shape index (κ3) is 6.32. The van der Waals surface area contributed by atoms with Crippen molar-refractivity contribution in [3.05, 3.63) is 35.4 Å². The van der Waals surface area contributed by atoms with Crippen LogP contribution in [0.2, 0.25) is 0 Å². The molecule has 0 heterocycles. The van der Waals surface area contributed by atoms with E-state index < -0.39 is 12.1 Å². The van der Waals surface area contributed by atoms with Gasteiger partial charge in [0.2, 0.25) is 5.91 Å². The summed E-state index contributed by atoms with van der Waals surface area (Å²) in [5.41, 5.74) is 7.64. The minimum Gasteiger partial charge on any atom is -0.387 e. The van der Waals surface area contributed by atoms with Gasteiger partial charge < -0.3 is 20.9 Å². The molecular formula is C16H27ClN2O3. The van der Waals surface area contributed by atoms with Crippen LogP contribution in [0, 0.1) is 0 Å². The Morgan fingerprint density at radius 1 is 1.32 bits per heavy atom. The first-order valence-electron chi connectivity index (χ1n) is 7.06. The summed E-state index contributed by atoms with van der Waals surface area (Å²) < 4.78 is 4.81. The van der Waals surface area contributed by atoms with E-state index in [-0.39, 0.29) is 36.9 Å². The smallest absolute Gasteiger partial charge is 0.239 e. The van der Waals surface area contributed by atoms with Gasteiger partial charge in [-0.15, -0.1) is 12.4 Å². The monoisotopic (exact) mass is 330 g/mol. The first kappa shape index (κ1) is 20.9. The summed E-state index contributed by atoms with van der Waals surface area (Å²) in [6.07, 6.45) is -0.752. The van der Waals surface area contributed by atoms with Gasteiger partial charge in [0.1, 0.15) is 6.04 Å². The molecule has 0 radical (unpaired) electrons. The highest BCUT2D eigenvalue weighted by Gasteiger charge is 2.17. The number of aliphatic hydroxyl groups excluding tert-OH is 1. The van der Waals surface area contributed by atoms with E-state index in [1.807, 2.05) is 24.3 Å². The van der Waals surface area contributed by atoms with Crippen molar-refractivity contribution in [2.75, 3.05) is 20.3 Å². The summed E-state index contributed by atoms with van der Waals surface area (Å²) in [7, 11) is 1.48. The van der Waals surface area contributed by atoms with Crippen molar-refractivity contribution in [3.8, 4) is 0 Å². The number of halogens is 1. The van der Waals surface area contributed by atoms with Crippen molar-refractivity contribution in [3.63, 3.8) is 0 Å². The van der Waals surface area contributed by atoms with Crippen LogP contribution in [0.15, 0.2) is 24.3 Å². The van der Waals surface area contributed by atoms with E-state index in [0.717, 1.165) is 5.56 Å². The standard InChI is InChI=1S/C16H26N2O3.ClH/c1-16(2,3)12-7-5-11(6-8-12)14(19)9-18-15(20)13(17)10-21-4;/h5-8,13-14,19H,9-10,17H2,1-4H3,(H,18,20);1H. The van der Waals surface area contributed by atoms with Crippen LogP contribution < -0.4 is 11.1 Å². The molecule has 0 aliphatic rings. The number of ether oxygens (including phenoxy) is 1. The Balaban J connectivity index is 0.00000441. The molecule has 4 N–H and O–H groups in total. The lowest BCUT2D eigenvalue weighted by Crippen LogP contribution is -2.44. The zero-order valence-electron chi connectivity index (χ0n) is 13.6. The lowest BCUT2D eigenvalue weighted by atomic mass is 9.86.